The number of halogens is 1. The van der Waals surface area contributed by atoms with Crippen molar-refractivity contribution in [3.63, 3.8) is 0 Å². The largest absolute Gasteiger partial charge is 0.474 e. The van der Waals surface area contributed by atoms with Crippen molar-refractivity contribution < 1.29 is 18.8 Å². The van der Waals surface area contributed by atoms with Crippen LogP contribution in [0.1, 0.15) is 10.4 Å². The molecule has 0 atom stereocenters. The van der Waals surface area contributed by atoms with E-state index in [-0.39, 0.29) is 30.5 Å². The molecule has 7 heteroatoms. The fraction of sp³-hybridized carbons (Fsp3) is 0.231. The molecule has 6 nitrogen and oxygen atoms in total. The molecule has 2 aromatic rings. The molecular weight excluding hydrogens is 284 g/mol. The van der Waals surface area contributed by atoms with Crippen LogP contribution < -0.4 is 10.5 Å². The van der Waals surface area contributed by atoms with Gasteiger partial charge in [-0.25, -0.2) is 4.79 Å². The van der Waals surface area contributed by atoms with Gasteiger partial charge in [-0.1, -0.05) is 30.3 Å². The van der Waals surface area contributed by atoms with Crippen LogP contribution in [0.2, 0.25) is 0 Å². The lowest BCUT2D eigenvalue weighted by Gasteiger charge is -2.03. The normalized spacial score (nSPS) is 9.70. The summed E-state index contributed by atoms with van der Waals surface area (Å²) >= 11 is 0. The van der Waals surface area contributed by atoms with E-state index in [9.17, 15) is 4.79 Å². The second-order valence-corrected chi connectivity index (χ2v) is 3.69. The van der Waals surface area contributed by atoms with Crippen LogP contribution in [-0.4, -0.2) is 31.4 Å². The molecule has 2 N–H and O–H groups in total. The Morgan fingerprint density at radius 2 is 2.05 bits per heavy atom. The molecule has 0 saturated carbocycles. The molecule has 108 valence electrons. The highest BCUT2D eigenvalue weighted by Crippen LogP contribution is 2.31. The molecule has 1 heterocycles. The third-order valence-electron chi connectivity index (χ3n) is 2.44. The molecule has 0 spiro atoms. The third kappa shape index (κ3) is 3.28. The van der Waals surface area contributed by atoms with Crippen LogP contribution >= 0.6 is 12.4 Å². The number of benzene rings is 1. The zero-order valence-electron chi connectivity index (χ0n) is 10.9. The molecule has 0 aliphatic rings. The fourth-order valence-electron chi connectivity index (χ4n) is 1.60. The van der Waals surface area contributed by atoms with Gasteiger partial charge in [-0.3, -0.25) is 0 Å². The lowest BCUT2D eigenvalue weighted by Crippen LogP contribution is -2.13. The Balaban J connectivity index is 0.00000200. The highest BCUT2D eigenvalue weighted by atomic mass is 35.5. The number of carbonyl (C=O) groups is 1. The number of esters is 1. The first kappa shape index (κ1) is 16.0. The first-order valence-electron chi connectivity index (χ1n) is 5.74. The molecule has 0 aliphatic heterocycles. The quantitative estimate of drug-likeness (QED) is 0.848. The summed E-state index contributed by atoms with van der Waals surface area (Å²) in [5, 5.41) is 3.75. The minimum absolute atomic E-state index is 0. The van der Waals surface area contributed by atoms with E-state index in [2.05, 4.69) is 5.16 Å². The van der Waals surface area contributed by atoms with Gasteiger partial charge >= 0.3 is 5.97 Å². The molecule has 20 heavy (non-hydrogen) atoms. The molecular formula is C13H15ClN2O4. The second kappa shape index (κ2) is 7.52. The van der Waals surface area contributed by atoms with Gasteiger partial charge in [-0.2, -0.15) is 0 Å². The molecule has 1 aromatic heterocycles. The minimum atomic E-state index is -0.563. The molecule has 0 amide bonds. The van der Waals surface area contributed by atoms with Crippen LogP contribution in [0.5, 0.6) is 5.88 Å². The Bertz CT molecular complexity index is 557. The van der Waals surface area contributed by atoms with Crippen molar-refractivity contribution in [3.05, 3.63) is 35.9 Å². The van der Waals surface area contributed by atoms with Gasteiger partial charge < -0.3 is 19.7 Å². The highest BCUT2D eigenvalue weighted by molar-refractivity contribution is 5.97. The van der Waals surface area contributed by atoms with Crippen molar-refractivity contribution in [2.45, 2.75) is 0 Å². The molecule has 2 rings (SSSR count). The van der Waals surface area contributed by atoms with Crippen molar-refractivity contribution >= 4 is 18.4 Å². The van der Waals surface area contributed by atoms with Crippen LogP contribution in [0, 0.1) is 0 Å². The summed E-state index contributed by atoms with van der Waals surface area (Å²) in [5.74, 6) is -0.150. The van der Waals surface area contributed by atoms with Gasteiger partial charge in [0.25, 0.3) is 5.88 Å². The smallest absolute Gasteiger partial charge is 0.347 e. The molecule has 0 unspecified atom stereocenters. The Hall–Kier alpha value is -2.05. The first-order valence-corrected chi connectivity index (χ1v) is 5.74. The average Bonchev–Trinajstić information content (AvgIpc) is 2.89. The van der Waals surface area contributed by atoms with E-state index in [0.29, 0.717) is 12.3 Å². The number of carbonyl (C=O) groups excluding carboxylic acids is 1. The van der Waals surface area contributed by atoms with Crippen molar-refractivity contribution in [2.75, 3.05) is 20.3 Å². The molecule has 0 fully saturated rings. The lowest BCUT2D eigenvalue weighted by molar-refractivity contribution is 0.0597. The monoisotopic (exact) mass is 298 g/mol. The van der Waals surface area contributed by atoms with E-state index in [1.165, 1.54) is 7.11 Å². The van der Waals surface area contributed by atoms with Crippen LogP contribution in [-0.2, 0) is 4.74 Å². The maximum Gasteiger partial charge on any atom is 0.347 e. The fourth-order valence-corrected chi connectivity index (χ4v) is 1.60. The Morgan fingerprint density at radius 1 is 1.35 bits per heavy atom. The first-order chi connectivity index (χ1) is 9.27. The van der Waals surface area contributed by atoms with Crippen molar-refractivity contribution in [1.82, 2.24) is 5.16 Å². The number of hydrogen-bond donors (Lipinski definition) is 1. The van der Waals surface area contributed by atoms with Gasteiger partial charge in [-0.15, -0.1) is 12.4 Å². The average molecular weight is 299 g/mol. The molecule has 1 aromatic carbocycles. The molecule has 0 bridgehead atoms. The number of aromatic nitrogens is 1. The van der Waals surface area contributed by atoms with Gasteiger partial charge in [0.05, 0.1) is 7.11 Å². The van der Waals surface area contributed by atoms with E-state index in [1.54, 1.807) is 12.1 Å². The molecule has 0 radical (unpaired) electrons. The summed E-state index contributed by atoms with van der Waals surface area (Å²) in [6.45, 7) is 0.554. The number of methoxy groups -OCH3 is 1. The van der Waals surface area contributed by atoms with Gasteiger partial charge in [0.15, 0.2) is 11.3 Å². The summed E-state index contributed by atoms with van der Waals surface area (Å²) in [6.07, 6.45) is 0. The number of rotatable bonds is 5. The Morgan fingerprint density at radius 3 is 2.65 bits per heavy atom. The summed E-state index contributed by atoms with van der Waals surface area (Å²) < 4.78 is 15.2. The maximum absolute atomic E-state index is 11.8. The Kier molecular flexibility index (Phi) is 6.02. The summed E-state index contributed by atoms with van der Waals surface area (Å²) in [7, 11) is 1.29. The zero-order valence-corrected chi connectivity index (χ0v) is 11.7. The van der Waals surface area contributed by atoms with Crippen molar-refractivity contribution in [3.8, 4) is 17.2 Å². The van der Waals surface area contributed by atoms with Gasteiger partial charge in [0, 0.05) is 12.1 Å². The predicted octanol–water partition coefficient (Wildman–Crippen LogP) is 1.89. The standard InChI is InChI=1S/C13H14N2O4.ClH/c1-17-13(16)10-11(9-5-3-2-4-6-9)19-15-12(10)18-8-7-14;/h2-6H,7-8,14H2,1H3;1H. The minimum Gasteiger partial charge on any atom is -0.474 e. The van der Waals surface area contributed by atoms with Gasteiger partial charge in [0.2, 0.25) is 0 Å². The lowest BCUT2D eigenvalue weighted by atomic mass is 10.1. The topological polar surface area (TPSA) is 87.6 Å². The predicted molar refractivity (Wildman–Crippen MR) is 75.1 cm³/mol. The summed E-state index contributed by atoms with van der Waals surface area (Å²) in [6, 6.07) is 9.14. The van der Waals surface area contributed by atoms with Crippen LogP contribution in [0.4, 0.5) is 0 Å². The van der Waals surface area contributed by atoms with E-state index in [1.807, 2.05) is 18.2 Å². The second-order valence-electron chi connectivity index (χ2n) is 3.69. The van der Waals surface area contributed by atoms with Crippen LogP contribution in [0.3, 0.4) is 0 Å². The molecule has 0 saturated heterocycles. The van der Waals surface area contributed by atoms with Crippen molar-refractivity contribution in [1.29, 1.82) is 0 Å². The maximum atomic E-state index is 11.8. The van der Waals surface area contributed by atoms with Crippen LogP contribution in [0.15, 0.2) is 34.9 Å². The van der Waals surface area contributed by atoms with E-state index in [0.717, 1.165) is 5.56 Å². The number of hydrogen-bond acceptors (Lipinski definition) is 6. The van der Waals surface area contributed by atoms with E-state index in [4.69, 9.17) is 19.7 Å². The zero-order chi connectivity index (χ0) is 13.7. The van der Waals surface area contributed by atoms with Crippen molar-refractivity contribution in [2.24, 2.45) is 5.73 Å². The Labute approximate surface area is 122 Å². The number of nitrogens with zero attached hydrogens (tertiary/aromatic N) is 1. The summed E-state index contributed by atoms with van der Waals surface area (Å²) in [5.41, 5.74) is 6.24. The van der Waals surface area contributed by atoms with E-state index < -0.39 is 5.97 Å². The highest BCUT2D eigenvalue weighted by Gasteiger charge is 2.26. The number of nitrogens with two attached hydrogens (primary N) is 1. The van der Waals surface area contributed by atoms with Crippen LogP contribution in [0.25, 0.3) is 11.3 Å². The summed E-state index contributed by atoms with van der Waals surface area (Å²) in [4.78, 5) is 11.8. The SMILES string of the molecule is COC(=O)c1c(OCCN)noc1-c1ccccc1.Cl. The van der Waals surface area contributed by atoms with Gasteiger partial charge in [-0.05, 0) is 5.16 Å². The van der Waals surface area contributed by atoms with Gasteiger partial charge in [0.1, 0.15) is 6.61 Å². The number of ether oxygens (including phenoxy) is 2. The van der Waals surface area contributed by atoms with E-state index >= 15 is 0 Å². The molecule has 0 aliphatic carbocycles. The third-order valence-corrected chi connectivity index (χ3v) is 2.44.